The van der Waals surface area contributed by atoms with E-state index in [0.717, 1.165) is 10.9 Å². The van der Waals surface area contributed by atoms with Crippen LogP contribution >= 0.6 is 11.8 Å². The summed E-state index contributed by atoms with van der Waals surface area (Å²) in [6, 6.07) is 13.6. The number of halogens is 3. The first-order chi connectivity index (χ1) is 12.5. The maximum absolute atomic E-state index is 12.5. The molecule has 0 fully saturated rings. The van der Waals surface area contributed by atoms with Gasteiger partial charge in [-0.15, -0.1) is 23.4 Å². The minimum absolute atomic E-state index is 0.222. The lowest BCUT2D eigenvalue weighted by Gasteiger charge is -2.12. The summed E-state index contributed by atoms with van der Waals surface area (Å²) >= 11 is 1.19. The van der Waals surface area contributed by atoms with Crippen LogP contribution in [0.4, 0.5) is 13.2 Å². The minimum Gasteiger partial charge on any atom is -0.405 e. The van der Waals surface area contributed by atoms with Crippen LogP contribution in [0, 0.1) is 0 Å². The molecule has 9 heteroatoms. The monoisotopic (exact) mass is 376 g/mol. The van der Waals surface area contributed by atoms with Crippen LogP contribution in [-0.4, -0.2) is 26.5 Å². The van der Waals surface area contributed by atoms with Crippen molar-refractivity contribution in [1.29, 1.82) is 0 Å². The van der Waals surface area contributed by atoms with Crippen LogP contribution in [-0.2, 0) is 5.75 Å². The molecule has 0 bridgehead atoms. The molecule has 2 aromatic carbocycles. The van der Waals surface area contributed by atoms with E-state index < -0.39 is 6.36 Å². The molecule has 0 aliphatic carbocycles. The Bertz CT molecular complexity index is 1080. The molecule has 132 valence electrons. The SMILES string of the molecule is FC(F)(F)Oc1ccccc1CSc1nnc2c(n1)[nH]c1ccccc12. The number of H-pyrrole nitrogens is 1. The topological polar surface area (TPSA) is 63.7 Å². The van der Waals surface area contributed by atoms with Crippen molar-refractivity contribution in [3.05, 3.63) is 54.1 Å². The summed E-state index contributed by atoms with van der Waals surface area (Å²) in [6.45, 7) is 0. The molecular formula is C17H11F3N4OS. The summed E-state index contributed by atoms with van der Waals surface area (Å²) in [7, 11) is 0. The highest BCUT2D eigenvalue weighted by Gasteiger charge is 2.32. The van der Waals surface area contributed by atoms with Crippen molar-refractivity contribution in [2.45, 2.75) is 17.3 Å². The molecule has 5 nitrogen and oxygen atoms in total. The third kappa shape index (κ3) is 3.43. The van der Waals surface area contributed by atoms with Gasteiger partial charge in [-0.2, -0.15) is 0 Å². The summed E-state index contributed by atoms with van der Waals surface area (Å²) in [5, 5.41) is 9.54. The molecule has 0 atom stereocenters. The Kier molecular flexibility index (Phi) is 4.15. The second kappa shape index (κ2) is 6.49. The van der Waals surface area contributed by atoms with Gasteiger partial charge in [0.25, 0.3) is 0 Å². The molecule has 0 saturated carbocycles. The molecule has 2 aromatic heterocycles. The number of hydrogen-bond acceptors (Lipinski definition) is 5. The summed E-state index contributed by atoms with van der Waals surface area (Å²) < 4.78 is 41.5. The van der Waals surface area contributed by atoms with Crippen molar-refractivity contribution in [3.8, 4) is 5.75 Å². The van der Waals surface area contributed by atoms with Gasteiger partial charge in [0.1, 0.15) is 11.3 Å². The number of aromatic amines is 1. The molecule has 1 N–H and O–H groups in total. The summed E-state index contributed by atoms with van der Waals surface area (Å²) in [6.07, 6.45) is -4.73. The van der Waals surface area contributed by atoms with Gasteiger partial charge >= 0.3 is 6.36 Å². The van der Waals surface area contributed by atoms with Crippen molar-refractivity contribution < 1.29 is 17.9 Å². The van der Waals surface area contributed by atoms with Crippen LogP contribution in [0.15, 0.2) is 53.7 Å². The van der Waals surface area contributed by atoms with Gasteiger partial charge in [-0.25, -0.2) is 4.98 Å². The lowest BCUT2D eigenvalue weighted by Crippen LogP contribution is -2.18. The first-order valence-corrected chi connectivity index (χ1v) is 8.56. The fourth-order valence-electron chi connectivity index (χ4n) is 2.56. The number of ether oxygens (including phenoxy) is 1. The maximum atomic E-state index is 12.5. The molecule has 0 unspecified atom stereocenters. The van der Waals surface area contributed by atoms with E-state index >= 15 is 0 Å². The van der Waals surface area contributed by atoms with Gasteiger partial charge < -0.3 is 9.72 Å². The number of para-hydroxylation sites is 2. The normalized spacial score (nSPS) is 12.0. The van der Waals surface area contributed by atoms with E-state index in [2.05, 4.69) is 24.9 Å². The van der Waals surface area contributed by atoms with Gasteiger partial charge in [0.2, 0.25) is 5.16 Å². The fraction of sp³-hybridized carbons (Fsp3) is 0.118. The van der Waals surface area contributed by atoms with Gasteiger partial charge in [0.15, 0.2) is 5.65 Å². The van der Waals surface area contributed by atoms with Crippen LogP contribution in [0.25, 0.3) is 22.1 Å². The van der Waals surface area contributed by atoms with Crippen LogP contribution < -0.4 is 4.74 Å². The highest BCUT2D eigenvalue weighted by Crippen LogP contribution is 2.31. The van der Waals surface area contributed by atoms with Crippen molar-refractivity contribution in [2.24, 2.45) is 0 Å². The molecule has 4 aromatic rings. The second-order valence-corrected chi connectivity index (χ2v) is 6.35. The Morgan fingerprint density at radius 1 is 1.00 bits per heavy atom. The van der Waals surface area contributed by atoms with E-state index in [1.54, 1.807) is 12.1 Å². The van der Waals surface area contributed by atoms with Crippen molar-refractivity contribution in [2.75, 3.05) is 0 Å². The molecule has 0 saturated heterocycles. The average Bonchev–Trinajstić information content (AvgIpc) is 2.97. The van der Waals surface area contributed by atoms with Crippen molar-refractivity contribution in [1.82, 2.24) is 20.2 Å². The van der Waals surface area contributed by atoms with Gasteiger partial charge in [-0.1, -0.05) is 48.2 Å². The fourth-order valence-corrected chi connectivity index (χ4v) is 3.33. The lowest BCUT2D eigenvalue weighted by molar-refractivity contribution is -0.274. The minimum atomic E-state index is -4.73. The largest absolute Gasteiger partial charge is 0.573 e. The summed E-state index contributed by atoms with van der Waals surface area (Å²) in [4.78, 5) is 7.56. The summed E-state index contributed by atoms with van der Waals surface area (Å²) in [5.74, 6) is -0.00760. The first-order valence-electron chi connectivity index (χ1n) is 7.57. The quantitative estimate of drug-likeness (QED) is 0.523. The zero-order valence-electron chi connectivity index (χ0n) is 13.1. The van der Waals surface area contributed by atoms with E-state index in [4.69, 9.17) is 0 Å². The van der Waals surface area contributed by atoms with E-state index in [1.807, 2.05) is 24.3 Å². The molecule has 0 radical (unpaired) electrons. The van der Waals surface area contributed by atoms with E-state index in [-0.39, 0.29) is 11.5 Å². The number of hydrogen-bond donors (Lipinski definition) is 1. The number of thioether (sulfide) groups is 1. The predicted octanol–water partition coefficient (Wildman–Crippen LogP) is 4.70. The number of nitrogens with zero attached hydrogens (tertiary/aromatic N) is 3. The van der Waals surface area contributed by atoms with Crippen LogP contribution in [0.5, 0.6) is 5.75 Å². The van der Waals surface area contributed by atoms with Crippen molar-refractivity contribution >= 4 is 33.8 Å². The van der Waals surface area contributed by atoms with Crippen LogP contribution in [0.1, 0.15) is 5.56 Å². The van der Waals surface area contributed by atoms with Gasteiger partial charge in [-0.3, -0.25) is 0 Å². The molecule has 0 aliphatic rings. The highest BCUT2D eigenvalue weighted by atomic mass is 32.2. The predicted molar refractivity (Wildman–Crippen MR) is 91.9 cm³/mol. The average molecular weight is 376 g/mol. The van der Waals surface area contributed by atoms with Crippen molar-refractivity contribution in [3.63, 3.8) is 0 Å². The summed E-state index contributed by atoms with van der Waals surface area (Å²) in [5.41, 5.74) is 2.54. The number of nitrogens with one attached hydrogen (secondary N) is 1. The zero-order chi connectivity index (χ0) is 18.1. The number of aromatic nitrogens is 4. The number of fused-ring (bicyclic) bond motifs is 3. The Labute approximate surface area is 149 Å². The molecular weight excluding hydrogens is 365 g/mol. The Morgan fingerprint density at radius 2 is 1.77 bits per heavy atom. The molecule has 26 heavy (non-hydrogen) atoms. The van der Waals surface area contributed by atoms with E-state index in [0.29, 0.717) is 21.9 Å². The molecule has 0 amide bonds. The Balaban J connectivity index is 1.58. The molecule has 0 spiro atoms. The standard InChI is InChI=1S/C17H11F3N4OS/c18-17(19,20)25-13-8-4-1-5-10(13)9-26-16-22-15-14(23-24-16)11-6-2-3-7-12(11)21-15/h1-8H,9H2,(H,21,22,24). The smallest absolute Gasteiger partial charge is 0.405 e. The third-order valence-corrected chi connectivity index (χ3v) is 4.54. The maximum Gasteiger partial charge on any atom is 0.573 e. The highest BCUT2D eigenvalue weighted by molar-refractivity contribution is 7.98. The second-order valence-electron chi connectivity index (χ2n) is 5.41. The number of alkyl halides is 3. The third-order valence-electron chi connectivity index (χ3n) is 3.66. The van der Waals surface area contributed by atoms with E-state index in [9.17, 15) is 13.2 Å². The van der Waals surface area contributed by atoms with Gasteiger partial charge in [0.05, 0.1) is 0 Å². The Morgan fingerprint density at radius 3 is 2.62 bits per heavy atom. The molecule has 2 heterocycles. The molecule has 4 rings (SSSR count). The van der Waals surface area contributed by atoms with Gasteiger partial charge in [-0.05, 0) is 12.1 Å². The zero-order valence-corrected chi connectivity index (χ0v) is 13.9. The van der Waals surface area contributed by atoms with Gasteiger partial charge in [0, 0.05) is 22.2 Å². The number of rotatable bonds is 4. The lowest BCUT2D eigenvalue weighted by atomic mass is 10.2. The van der Waals surface area contributed by atoms with Crippen LogP contribution in [0.2, 0.25) is 0 Å². The molecule has 0 aliphatic heterocycles. The van der Waals surface area contributed by atoms with Crippen LogP contribution in [0.3, 0.4) is 0 Å². The first kappa shape index (κ1) is 16.6. The Hall–Kier alpha value is -2.81. The number of benzene rings is 2. The van der Waals surface area contributed by atoms with E-state index in [1.165, 1.54) is 23.9 Å².